The van der Waals surface area contributed by atoms with E-state index >= 15 is 0 Å². The first-order valence-electron chi connectivity index (χ1n) is 3.82. The Balaban J connectivity index is 2.15. The highest BCUT2D eigenvalue weighted by Crippen LogP contribution is 2.19. The quantitative estimate of drug-likeness (QED) is 0.794. The lowest BCUT2D eigenvalue weighted by molar-refractivity contribution is 0.459. The lowest BCUT2D eigenvalue weighted by Gasteiger charge is -1.98. The van der Waals surface area contributed by atoms with Gasteiger partial charge in [0.05, 0.1) is 6.67 Å². The minimum absolute atomic E-state index is 0.235. The fourth-order valence-corrected chi connectivity index (χ4v) is 2.27. The number of nitrogens with one attached hydrogen (secondary N) is 1. The van der Waals surface area contributed by atoms with Crippen LogP contribution in [-0.2, 0) is 6.54 Å². The Morgan fingerprint density at radius 2 is 2.42 bits per heavy atom. The van der Waals surface area contributed by atoms with Crippen molar-refractivity contribution in [1.29, 1.82) is 0 Å². The van der Waals surface area contributed by atoms with Crippen molar-refractivity contribution in [2.24, 2.45) is 0 Å². The van der Waals surface area contributed by atoms with Gasteiger partial charge in [0.2, 0.25) is 0 Å². The van der Waals surface area contributed by atoms with Crippen molar-refractivity contribution in [2.45, 2.75) is 13.0 Å². The Labute approximate surface area is 84.1 Å². The molecule has 0 fully saturated rings. The number of rotatable bonds is 5. The van der Waals surface area contributed by atoms with E-state index in [0.717, 1.165) is 17.6 Å². The molecule has 1 aromatic rings. The summed E-state index contributed by atoms with van der Waals surface area (Å²) >= 11 is 5.08. The van der Waals surface area contributed by atoms with Gasteiger partial charge in [-0.25, -0.2) is 0 Å². The first-order valence-corrected chi connectivity index (χ1v) is 5.50. The summed E-state index contributed by atoms with van der Waals surface area (Å²) in [5.74, 6) is 0. The molecule has 0 atom stereocenters. The second-order valence-corrected chi connectivity index (χ2v) is 4.36. The van der Waals surface area contributed by atoms with Crippen molar-refractivity contribution in [2.75, 3.05) is 13.2 Å². The van der Waals surface area contributed by atoms with Crippen LogP contribution >= 0.6 is 27.3 Å². The molecule has 1 aromatic heterocycles. The maximum Gasteiger partial charge on any atom is 0.0906 e. The Morgan fingerprint density at radius 3 is 3.00 bits per heavy atom. The lowest BCUT2D eigenvalue weighted by Crippen LogP contribution is -2.14. The molecule has 12 heavy (non-hydrogen) atoms. The molecule has 0 aromatic carbocycles. The van der Waals surface area contributed by atoms with E-state index in [4.69, 9.17) is 0 Å². The zero-order valence-corrected chi connectivity index (χ0v) is 9.05. The molecule has 0 amide bonds. The maximum absolute atomic E-state index is 11.7. The molecule has 1 N–H and O–H groups in total. The fraction of sp³-hybridized carbons (Fsp3) is 0.500. The summed E-state index contributed by atoms with van der Waals surface area (Å²) in [4.78, 5) is 1.28. The van der Waals surface area contributed by atoms with Gasteiger partial charge in [-0.2, -0.15) is 0 Å². The van der Waals surface area contributed by atoms with Crippen molar-refractivity contribution >= 4 is 27.3 Å². The highest BCUT2D eigenvalue weighted by Gasteiger charge is 1.95. The van der Waals surface area contributed by atoms with Gasteiger partial charge in [0.25, 0.3) is 0 Å². The summed E-state index contributed by atoms with van der Waals surface area (Å²) in [6, 6.07) is 2.08. The highest BCUT2D eigenvalue weighted by atomic mass is 79.9. The molecule has 0 saturated heterocycles. The molecule has 0 aliphatic rings. The van der Waals surface area contributed by atoms with Gasteiger partial charge in [-0.3, -0.25) is 4.39 Å². The molecule has 0 spiro atoms. The normalized spacial score (nSPS) is 10.5. The Kier molecular flexibility index (Phi) is 4.80. The van der Waals surface area contributed by atoms with Crippen LogP contribution in [0.4, 0.5) is 4.39 Å². The first kappa shape index (κ1) is 10.2. The van der Waals surface area contributed by atoms with E-state index in [2.05, 4.69) is 27.3 Å². The molecular formula is C8H11BrFNS. The van der Waals surface area contributed by atoms with Gasteiger partial charge in [0.1, 0.15) is 0 Å². The number of hydrogen-bond donors (Lipinski definition) is 1. The average Bonchev–Trinajstić information content (AvgIpc) is 2.45. The number of halogens is 2. The molecule has 0 saturated carbocycles. The molecule has 0 aliphatic carbocycles. The van der Waals surface area contributed by atoms with E-state index in [9.17, 15) is 4.39 Å². The van der Waals surface area contributed by atoms with Gasteiger partial charge in [-0.1, -0.05) is 0 Å². The molecule has 0 radical (unpaired) electrons. The van der Waals surface area contributed by atoms with Crippen LogP contribution < -0.4 is 5.32 Å². The summed E-state index contributed by atoms with van der Waals surface area (Å²) in [5.41, 5.74) is 0. The molecular weight excluding hydrogens is 241 g/mol. The van der Waals surface area contributed by atoms with E-state index < -0.39 is 0 Å². The Hall–Kier alpha value is 0.0700. The summed E-state index contributed by atoms with van der Waals surface area (Å²) in [5, 5.41) is 5.21. The molecule has 0 unspecified atom stereocenters. The predicted molar refractivity (Wildman–Crippen MR) is 54.3 cm³/mol. The maximum atomic E-state index is 11.7. The van der Waals surface area contributed by atoms with E-state index in [1.54, 1.807) is 11.3 Å². The van der Waals surface area contributed by atoms with Gasteiger partial charge in [0, 0.05) is 21.3 Å². The fourth-order valence-electron chi connectivity index (χ4n) is 0.850. The monoisotopic (exact) mass is 251 g/mol. The standard InChI is InChI=1S/C8H11BrFNS/c9-7-4-8(12-6-7)5-11-3-1-2-10/h4,6,11H,1-3,5H2. The van der Waals surface area contributed by atoms with Crippen LogP contribution in [0.3, 0.4) is 0 Å². The zero-order chi connectivity index (χ0) is 8.81. The van der Waals surface area contributed by atoms with Crippen molar-refractivity contribution in [3.63, 3.8) is 0 Å². The van der Waals surface area contributed by atoms with Crippen LogP contribution in [0, 0.1) is 0 Å². The Bertz CT molecular complexity index is 227. The second kappa shape index (κ2) is 5.67. The molecule has 0 aliphatic heterocycles. The van der Waals surface area contributed by atoms with Gasteiger partial charge in [0.15, 0.2) is 0 Å². The van der Waals surface area contributed by atoms with Crippen molar-refractivity contribution in [3.8, 4) is 0 Å². The first-order chi connectivity index (χ1) is 5.83. The lowest BCUT2D eigenvalue weighted by atomic mass is 10.4. The summed E-state index contributed by atoms with van der Waals surface area (Å²) in [7, 11) is 0. The molecule has 1 heterocycles. The van der Waals surface area contributed by atoms with Crippen molar-refractivity contribution < 1.29 is 4.39 Å². The molecule has 0 bridgehead atoms. The van der Waals surface area contributed by atoms with Crippen molar-refractivity contribution in [1.82, 2.24) is 5.32 Å². The number of thiophene rings is 1. The second-order valence-electron chi connectivity index (χ2n) is 2.45. The summed E-state index contributed by atoms with van der Waals surface area (Å²) < 4.78 is 12.8. The molecule has 68 valence electrons. The van der Waals surface area contributed by atoms with Crippen molar-refractivity contribution in [3.05, 3.63) is 20.8 Å². The average molecular weight is 252 g/mol. The largest absolute Gasteiger partial charge is 0.312 e. The van der Waals surface area contributed by atoms with Crippen LogP contribution in [0.5, 0.6) is 0 Å². The topological polar surface area (TPSA) is 12.0 Å². The van der Waals surface area contributed by atoms with Crippen LogP contribution in [0.2, 0.25) is 0 Å². The SMILES string of the molecule is FCCCNCc1cc(Br)cs1. The highest BCUT2D eigenvalue weighted by molar-refractivity contribution is 9.10. The van der Waals surface area contributed by atoms with Crippen LogP contribution in [-0.4, -0.2) is 13.2 Å². The molecule has 1 rings (SSSR count). The van der Waals surface area contributed by atoms with E-state index in [0.29, 0.717) is 6.42 Å². The Morgan fingerprint density at radius 1 is 1.58 bits per heavy atom. The third-order valence-electron chi connectivity index (χ3n) is 1.41. The van der Waals surface area contributed by atoms with Crippen LogP contribution in [0.25, 0.3) is 0 Å². The third kappa shape index (κ3) is 3.65. The van der Waals surface area contributed by atoms with Gasteiger partial charge >= 0.3 is 0 Å². The number of hydrogen-bond acceptors (Lipinski definition) is 2. The summed E-state index contributed by atoms with van der Waals surface area (Å²) in [6.45, 7) is 1.36. The third-order valence-corrected chi connectivity index (χ3v) is 3.11. The van der Waals surface area contributed by atoms with Crippen LogP contribution in [0.15, 0.2) is 15.9 Å². The summed E-state index contributed by atoms with van der Waals surface area (Å²) in [6.07, 6.45) is 0.604. The van der Waals surface area contributed by atoms with E-state index in [1.165, 1.54) is 4.88 Å². The molecule has 1 nitrogen and oxygen atoms in total. The zero-order valence-electron chi connectivity index (χ0n) is 6.65. The van der Waals surface area contributed by atoms with Gasteiger partial charge < -0.3 is 5.32 Å². The molecule has 4 heteroatoms. The number of alkyl halides is 1. The van der Waals surface area contributed by atoms with Crippen LogP contribution in [0.1, 0.15) is 11.3 Å². The van der Waals surface area contributed by atoms with Gasteiger partial charge in [-0.15, -0.1) is 11.3 Å². The van der Waals surface area contributed by atoms with E-state index in [-0.39, 0.29) is 6.67 Å². The smallest absolute Gasteiger partial charge is 0.0906 e. The van der Waals surface area contributed by atoms with E-state index in [1.807, 2.05) is 5.38 Å². The minimum atomic E-state index is -0.235. The van der Waals surface area contributed by atoms with Gasteiger partial charge in [-0.05, 0) is 35.0 Å². The minimum Gasteiger partial charge on any atom is -0.312 e. The predicted octanol–water partition coefficient (Wildman–Crippen LogP) is 2.96.